The number of nitrogens with zero attached hydrogens (tertiary/aromatic N) is 1. The van der Waals surface area contributed by atoms with Gasteiger partial charge in [-0.3, -0.25) is 5.21 Å². The maximum atomic E-state index is 11.7. The van der Waals surface area contributed by atoms with Crippen molar-refractivity contribution >= 4 is 11.8 Å². The number of methoxy groups -OCH3 is 1. The Labute approximate surface area is 153 Å². The molecule has 0 aliphatic heterocycles. The highest BCUT2D eigenvalue weighted by atomic mass is 16.6. The summed E-state index contributed by atoms with van der Waals surface area (Å²) in [5.74, 6) is 0.747. The Bertz CT molecular complexity index is 788. The minimum atomic E-state index is -0.915. The minimum absolute atomic E-state index is 0.0929. The number of hydroxylamine groups is 1. The fraction of sp³-hybridized carbons (Fsp3) is 0.350. The fourth-order valence-corrected chi connectivity index (χ4v) is 2.73. The number of rotatable bonds is 6. The maximum Gasteiger partial charge on any atom is 0.438 e. The van der Waals surface area contributed by atoms with Gasteiger partial charge in [0.2, 0.25) is 0 Å². The first kappa shape index (κ1) is 19.8. The lowest BCUT2D eigenvalue weighted by atomic mass is 10.0. The molecule has 0 radical (unpaired) electrons. The number of carbonyl (C=O) groups is 1. The standard InChI is InChI=1S/C20H25NO5/c1-5-15-9-13(2)14(3)10-19(15)26-12-17-16(11-22)7-6-8-18(17)21(24)20(23)25-4/h6-10,22,24H,5,11-12H2,1-4H3. The Kier molecular flexibility index (Phi) is 6.60. The summed E-state index contributed by atoms with van der Waals surface area (Å²) in [6.07, 6.45) is -0.0963. The van der Waals surface area contributed by atoms with E-state index in [-0.39, 0.29) is 18.9 Å². The van der Waals surface area contributed by atoms with Crippen molar-refractivity contribution in [2.45, 2.75) is 40.4 Å². The van der Waals surface area contributed by atoms with Gasteiger partial charge in [0.25, 0.3) is 0 Å². The van der Waals surface area contributed by atoms with Crippen LogP contribution in [0.1, 0.15) is 34.7 Å². The van der Waals surface area contributed by atoms with Gasteiger partial charge in [-0.1, -0.05) is 25.1 Å². The minimum Gasteiger partial charge on any atom is -0.489 e. The summed E-state index contributed by atoms with van der Waals surface area (Å²) in [5, 5.41) is 20.1. The quantitative estimate of drug-likeness (QED) is 0.604. The maximum absolute atomic E-state index is 11.7. The topological polar surface area (TPSA) is 79.2 Å². The van der Waals surface area contributed by atoms with E-state index < -0.39 is 6.09 Å². The Hall–Kier alpha value is -2.57. The summed E-state index contributed by atoms with van der Waals surface area (Å²) in [4.78, 5) is 11.7. The SMILES string of the molecule is CCc1cc(C)c(C)cc1OCc1c(CO)cccc1N(O)C(=O)OC. The van der Waals surface area contributed by atoms with E-state index in [1.807, 2.05) is 13.0 Å². The van der Waals surface area contributed by atoms with E-state index in [4.69, 9.17) is 4.74 Å². The molecule has 2 rings (SSSR count). The molecule has 6 nitrogen and oxygen atoms in total. The van der Waals surface area contributed by atoms with Crippen molar-refractivity contribution in [3.05, 3.63) is 58.1 Å². The first-order valence-corrected chi connectivity index (χ1v) is 8.44. The monoisotopic (exact) mass is 359 g/mol. The fourth-order valence-electron chi connectivity index (χ4n) is 2.73. The molecule has 0 saturated heterocycles. The molecule has 140 valence electrons. The van der Waals surface area contributed by atoms with Crippen LogP contribution in [-0.2, 0) is 24.4 Å². The second-order valence-corrected chi connectivity index (χ2v) is 6.04. The Balaban J connectivity index is 2.37. The van der Waals surface area contributed by atoms with Crippen LogP contribution in [-0.4, -0.2) is 23.5 Å². The van der Waals surface area contributed by atoms with Crippen molar-refractivity contribution in [3.8, 4) is 5.75 Å². The van der Waals surface area contributed by atoms with Crippen LogP contribution in [0, 0.1) is 13.8 Å². The Morgan fingerprint density at radius 1 is 1.15 bits per heavy atom. The van der Waals surface area contributed by atoms with Crippen LogP contribution < -0.4 is 9.80 Å². The number of amides is 1. The van der Waals surface area contributed by atoms with Gasteiger partial charge < -0.3 is 14.6 Å². The zero-order valence-electron chi connectivity index (χ0n) is 15.6. The number of benzene rings is 2. The second kappa shape index (κ2) is 8.69. The van der Waals surface area contributed by atoms with Gasteiger partial charge in [0, 0.05) is 5.56 Å². The Morgan fingerprint density at radius 2 is 1.85 bits per heavy atom. The molecule has 0 fully saturated rings. The molecule has 26 heavy (non-hydrogen) atoms. The van der Waals surface area contributed by atoms with Gasteiger partial charge >= 0.3 is 6.09 Å². The molecule has 0 heterocycles. The molecule has 0 bridgehead atoms. The van der Waals surface area contributed by atoms with Crippen molar-refractivity contribution in [1.29, 1.82) is 0 Å². The number of aliphatic hydroxyl groups is 1. The van der Waals surface area contributed by atoms with Gasteiger partial charge in [-0.15, -0.1) is 0 Å². The van der Waals surface area contributed by atoms with Gasteiger partial charge in [0.05, 0.1) is 19.4 Å². The van der Waals surface area contributed by atoms with Crippen LogP contribution in [0.25, 0.3) is 0 Å². The van der Waals surface area contributed by atoms with Crippen LogP contribution in [0.5, 0.6) is 5.75 Å². The van der Waals surface area contributed by atoms with E-state index in [9.17, 15) is 15.1 Å². The molecule has 0 aliphatic carbocycles. The lowest BCUT2D eigenvalue weighted by Crippen LogP contribution is -2.28. The molecule has 0 spiro atoms. The predicted molar refractivity (Wildman–Crippen MR) is 98.7 cm³/mol. The van der Waals surface area contributed by atoms with Crippen molar-refractivity contribution < 1.29 is 24.6 Å². The molecule has 0 aromatic heterocycles. The zero-order valence-corrected chi connectivity index (χ0v) is 15.6. The van der Waals surface area contributed by atoms with Crippen LogP contribution in [0.2, 0.25) is 0 Å². The molecule has 0 atom stereocenters. The van der Waals surface area contributed by atoms with Crippen molar-refractivity contribution in [2.24, 2.45) is 0 Å². The summed E-state index contributed by atoms with van der Waals surface area (Å²) in [6, 6.07) is 9.00. The van der Waals surface area contributed by atoms with Crippen molar-refractivity contribution in [3.63, 3.8) is 0 Å². The molecule has 2 aromatic carbocycles. The van der Waals surface area contributed by atoms with Crippen molar-refractivity contribution in [2.75, 3.05) is 12.2 Å². The van der Waals surface area contributed by atoms with E-state index >= 15 is 0 Å². The average Bonchev–Trinajstić information content (AvgIpc) is 2.66. The first-order chi connectivity index (χ1) is 12.4. The smallest absolute Gasteiger partial charge is 0.438 e. The van der Waals surface area contributed by atoms with Gasteiger partial charge in [-0.2, -0.15) is 5.06 Å². The predicted octanol–water partition coefficient (Wildman–Crippen LogP) is 3.90. The van der Waals surface area contributed by atoms with Crippen LogP contribution >= 0.6 is 0 Å². The summed E-state index contributed by atoms with van der Waals surface area (Å²) in [6.45, 7) is 5.97. The van der Waals surface area contributed by atoms with E-state index in [1.54, 1.807) is 18.2 Å². The van der Waals surface area contributed by atoms with Gasteiger partial charge in [0.15, 0.2) is 0 Å². The number of carbonyl (C=O) groups excluding carboxylic acids is 1. The summed E-state index contributed by atoms with van der Waals surface area (Å²) in [5.41, 5.74) is 4.68. The number of ether oxygens (including phenoxy) is 2. The Morgan fingerprint density at radius 3 is 2.46 bits per heavy atom. The highest BCUT2D eigenvalue weighted by molar-refractivity contribution is 5.86. The van der Waals surface area contributed by atoms with Gasteiger partial charge in [0.1, 0.15) is 12.4 Å². The third kappa shape index (κ3) is 4.15. The van der Waals surface area contributed by atoms with E-state index in [2.05, 4.69) is 24.7 Å². The lowest BCUT2D eigenvalue weighted by Gasteiger charge is -2.20. The molecule has 6 heteroatoms. The second-order valence-electron chi connectivity index (χ2n) is 6.04. The first-order valence-electron chi connectivity index (χ1n) is 8.44. The molecule has 1 amide bonds. The lowest BCUT2D eigenvalue weighted by molar-refractivity contribution is 0.140. The molecule has 0 saturated carbocycles. The molecule has 0 aliphatic rings. The van der Waals surface area contributed by atoms with E-state index in [0.717, 1.165) is 23.3 Å². The molecular formula is C20H25NO5. The van der Waals surface area contributed by atoms with Crippen LogP contribution in [0.15, 0.2) is 30.3 Å². The molecule has 0 unspecified atom stereocenters. The van der Waals surface area contributed by atoms with Crippen LogP contribution in [0.4, 0.5) is 10.5 Å². The summed E-state index contributed by atoms with van der Waals surface area (Å²) < 4.78 is 10.6. The number of anilines is 1. The summed E-state index contributed by atoms with van der Waals surface area (Å²) in [7, 11) is 1.18. The highest BCUT2D eigenvalue weighted by Gasteiger charge is 2.20. The van der Waals surface area contributed by atoms with Gasteiger partial charge in [-0.25, -0.2) is 4.79 Å². The molecule has 2 aromatic rings. The number of aliphatic hydroxyl groups excluding tert-OH is 1. The summed E-state index contributed by atoms with van der Waals surface area (Å²) >= 11 is 0. The average molecular weight is 359 g/mol. The molecular weight excluding hydrogens is 334 g/mol. The van der Waals surface area contributed by atoms with E-state index in [1.165, 1.54) is 12.7 Å². The normalized spacial score (nSPS) is 10.5. The number of hydrogen-bond acceptors (Lipinski definition) is 5. The van der Waals surface area contributed by atoms with Crippen LogP contribution in [0.3, 0.4) is 0 Å². The zero-order chi connectivity index (χ0) is 19.3. The van der Waals surface area contributed by atoms with Gasteiger partial charge in [-0.05, 0) is 54.7 Å². The third-order valence-corrected chi connectivity index (χ3v) is 4.42. The molecule has 2 N–H and O–H groups in total. The number of aryl methyl sites for hydroxylation is 3. The number of hydrogen-bond donors (Lipinski definition) is 2. The van der Waals surface area contributed by atoms with E-state index in [0.29, 0.717) is 16.2 Å². The highest BCUT2D eigenvalue weighted by Crippen LogP contribution is 2.29. The van der Waals surface area contributed by atoms with Crippen molar-refractivity contribution in [1.82, 2.24) is 0 Å². The third-order valence-electron chi connectivity index (χ3n) is 4.42. The largest absolute Gasteiger partial charge is 0.489 e.